The topological polar surface area (TPSA) is 70.6 Å². The molecule has 0 radical (unpaired) electrons. The lowest BCUT2D eigenvalue weighted by Gasteiger charge is -2.17. The summed E-state index contributed by atoms with van der Waals surface area (Å²) in [5.41, 5.74) is 1.13. The molecule has 2 rings (SSSR count). The zero-order valence-electron chi connectivity index (χ0n) is 13.3. The molecule has 1 saturated heterocycles. The van der Waals surface area contributed by atoms with Crippen LogP contribution in [0.3, 0.4) is 0 Å². The number of amides is 1. The number of carbonyl (C=O) groups is 1. The molecule has 0 bridgehead atoms. The van der Waals surface area contributed by atoms with Gasteiger partial charge in [-0.2, -0.15) is 0 Å². The molecule has 1 aliphatic heterocycles. The Kier molecular flexibility index (Phi) is 6.21. The lowest BCUT2D eigenvalue weighted by Crippen LogP contribution is -2.36. The lowest BCUT2D eigenvalue weighted by atomic mass is 9.98. The Morgan fingerprint density at radius 1 is 1.45 bits per heavy atom. The molecule has 1 amide bonds. The average molecular weight is 306 g/mol. The monoisotopic (exact) mass is 306 g/mol. The Balaban J connectivity index is 1.81. The molecular formula is C17H26N2O3. The van der Waals surface area contributed by atoms with Gasteiger partial charge < -0.3 is 20.5 Å². The predicted molar refractivity (Wildman–Crippen MR) is 86.0 cm³/mol. The van der Waals surface area contributed by atoms with E-state index in [1.54, 1.807) is 0 Å². The molecule has 3 atom stereocenters. The Bertz CT molecular complexity index is 493. The van der Waals surface area contributed by atoms with E-state index in [-0.39, 0.29) is 24.5 Å². The van der Waals surface area contributed by atoms with Gasteiger partial charge in [0.2, 0.25) is 0 Å². The molecule has 1 aromatic rings. The Labute approximate surface area is 132 Å². The third kappa shape index (κ3) is 4.45. The van der Waals surface area contributed by atoms with E-state index in [1.165, 1.54) is 0 Å². The normalized spacial score (nSPS) is 22.3. The van der Waals surface area contributed by atoms with Gasteiger partial charge in [0.1, 0.15) is 5.75 Å². The van der Waals surface area contributed by atoms with Gasteiger partial charge in [-0.15, -0.1) is 0 Å². The molecule has 1 aliphatic rings. The van der Waals surface area contributed by atoms with Gasteiger partial charge in [0.05, 0.1) is 6.10 Å². The number of benzene rings is 1. The minimum Gasteiger partial charge on any atom is -0.483 e. The molecule has 1 aromatic carbocycles. The highest BCUT2D eigenvalue weighted by Gasteiger charge is 2.25. The molecule has 3 unspecified atom stereocenters. The van der Waals surface area contributed by atoms with Crippen LogP contribution in [0.1, 0.15) is 31.7 Å². The van der Waals surface area contributed by atoms with Crippen molar-refractivity contribution in [2.75, 3.05) is 26.2 Å². The van der Waals surface area contributed by atoms with Crippen LogP contribution in [-0.4, -0.2) is 43.4 Å². The summed E-state index contributed by atoms with van der Waals surface area (Å²) in [5.74, 6) is 1.10. The van der Waals surface area contributed by atoms with E-state index in [9.17, 15) is 9.90 Å². The largest absolute Gasteiger partial charge is 0.483 e. The summed E-state index contributed by atoms with van der Waals surface area (Å²) >= 11 is 0. The maximum atomic E-state index is 11.9. The molecule has 1 heterocycles. The summed E-state index contributed by atoms with van der Waals surface area (Å²) in [6, 6.07) is 7.85. The van der Waals surface area contributed by atoms with Crippen LogP contribution in [0.2, 0.25) is 0 Å². The molecule has 1 fully saturated rings. The maximum Gasteiger partial charge on any atom is 0.257 e. The third-order valence-electron chi connectivity index (χ3n) is 4.29. The second-order valence-electron chi connectivity index (χ2n) is 5.93. The quantitative estimate of drug-likeness (QED) is 0.709. The number of β-amino-alcohol motifs (C(OH)–C–C–N with tert-alkyl or cyclic N) is 1. The van der Waals surface area contributed by atoms with E-state index in [0.29, 0.717) is 19.0 Å². The van der Waals surface area contributed by atoms with Crippen molar-refractivity contribution in [3.8, 4) is 5.75 Å². The second-order valence-corrected chi connectivity index (χ2v) is 5.93. The van der Waals surface area contributed by atoms with E-state index in [0.717, 1.165) is 24.3 Å². The number of para-hydroxylation sites is 1. The molecule has 5 nitrogen and oxygen atoms in total. The zero-order chi connectivity index (χ0) is 15.9. The summed E-state index contributed by atoms with van der Waals surface area (Å²) in [6.45, 7) is 6.09. The van der Waals surface area contributed by atoms with Crippen molar-refractivity contribution in [3.05, 3.63) is 29.8 Å². The van der Waals surface area contributed by atoms with Gasteiger partial charge in [-0.1, -0.05) is 32.0 Å². The van der Waals surface area contributed by atoms with Gasteiger partial charge in [0.15, 0.2) is 6.61 Å². The number of hydrogen-bond acceptors (Lipinski definition) is 4. The fourth-order valence-electron chi connectivity index (χ4n) is 2.61. The first-order chi connectivity index (χ1) is 10.6. The van der Waals surface area contributed by atoms with Crippen molar-refractivity contribution in [3.63, 3.8) is 0 Å². The number of aliphatic hydroxyl groups excluding tert-OH is 1. The van der Waals surface area contributed by atoms with Crippen molar-refractivity contribution in [2.45, 2.75) is 32.3 Å². The van der Waals surface area contributed by atoms with E-state index in [4.69, 9.17) is 4.74 Å². The van der Waals surface area contributed by atoms with Crippen LogP contribution in [0, 0.1) is 5.92 Å². The van der Waals surface area contributed by atoms with Gasteiger partial charge in [-0.05, 0) is 24.0 Å². The first-order valence-electron chi connectivity index (χ1n) is 7.99. The highest BCUT2D eigenvalue weighted by atomic mass is 16.5. The van der Waals surface area contributed by atoms with E-state index < -0.39 is 0 Å². The van der Waals surface area contributed by atoms with E-state index in [1.807, 2.05) is 24.3 Å². The number of aliphatic hydroxyl groups is 1. The number of rotatable bonds is 7. The lowest BCUT2D eigenvalue weighted by molar-refractivity contribution is -0.123. The molecule has 0 aromatic heterocycles. The Morgan fingerprint density at radius 3 is 2.91 bits per heavy atom. The summed E-state index contributed by atoms with van der Waals surface area (Å²) in [4.78, 5) is 11.9. The van der Waals surface area contributed by atoms with Crippen molar-refractivity contribution < 1.29 is 14.6 Å². The van der Waals surface area contributed by atoms with Gasteiger partial charge in [-0.25, -0.2) is 0 Å². The molecule has 0 aliphatic carbocycles. The number of carbonyl (C=O) groups excluding carboxylic acids is 1. The molecule has 0 saturated carbocycles. The molecular weight excluding hydrogens is 280 g/mol. The summed E-state index contributed by atoms with van der Waals surface area (Å²) in [6.07, 6.45) is 0.645. The third-order valence-corrected chi connectivity index (χ3v) is 4.29. The zero-order valence-corrected chi connectivity index (χ0v) is 13.3. The van der Waals surface area contributed by atoms with Gasteiger partial charge in [0, 0.05) is 25.6 Å². The number of nitrogens with one attached hydrogen (secondary N) is 2. The van der Waals surface area contributed by atoms with Crippen molar-refractivity contribution in [1.29, 1.82) is 0 Å². The van der Waals surface area contributed by atoms with Crippen LogP contribution in [0.15, 0.2) is 24.3 Å². The Hall–Kier alpha value is -1.59. The van der Waals surface area contributed by atoms with Gasteiger partial charge in [0.25, 0.3) is 5.91 Å². The van der Waals surface area contributed by atoms with Crippen LogP contribution in [0.25, 0.3) is 0 Å². The van der Waals surface area contributed by atoms with E-state index in [2.05, 4.69) is 24.5 Å². The summed E-state index contributed by atoms with van der Waals surface area (Å²) < 4.78 is 5.67. The standard InChI is InChI=1S/C17H26N2O3/c1-3-12(2)14-6-4-5-7-16(14)22-11-17(21)19-9-13-8-18-10-15(13)20/h4-7,12-13,15,18,20H,3,8-11H2,1-2H3,(H,19,21). The second kappa shape index (κ2) is 8.15. The average Bonchev–Trinajstić information content (AvgIpc) is 2.95. The van der Waals surface area contributed by atoms with Crippen LogP contribution in [-0.2, 0) is 4.79 Å². The smallest absolute Gasteiger partial charge is 0.257 e. The SMILES string of the molecule is CCC(C)c1ccccc1OCC(=O)NCC1CNCC1O. The van der Waals surface area contributed by atoms with Gasteiger partial charge >= 0.3 is 0 Å². The van der Waals surface area contributed by atoms with E-state index >= 15 is 0 Å². The van der Waals surface area contributed by atoms with Crippen molar-refractivity contribution in [1.82, 2.24) is 10.6 Å². The predicted octanol–water partition coefficient (Wildman–Crippen LogP) is 1.28. The highest BCUT2D eigenvalue weighted by molar-refractivity contribution is 5.77. The van der Waals surface area contributed by atoms with Crippen molar-refractivity contribution in [2.24, 2.45) is 5.92 Å². The minimum atomic E-state index is -0.382. The molecule has 0 spiro atoms. The van der Waals surface area contributed by atoms with Crippen molar-refractivity contribution >= 4 is 5.91 Å². The number of ether oxygens (including phenoxy) is 1. The maximum absolute atomic E-state index is 11.9. The number of hydrogen-bond donors (Lipinski definition) is 3. The van der Waals surface area contributed by atoms with Crippen LogP contribution in [0.5, 0.6) is 5.75 Å². The molecule has 5 heteroatoms. The fraction of sp³-hybridized carbons (Fsp3) is 0.588. The van der Waals surface area contributed by atoms with Gasteiger partial charge in [-0.3, -0.25) is 4.79 Å². The van der Waals surface area contributed by atoms with Crippen LogP contribution in [0.4, 0.5) is 0 Å². The minimum absolute atomic E-state index is 0.00366. The van der Waals surface area contributed by atoms with Crippen LogP contribution >= 0.6 is 0 Å². The summed E-state index contributed by atoms with van der Waals surface area (Å²) in [5, 5.41) is 15.6. The molecule has 3 N–H and O–H groups in total. The Morgan fingerprint density at radius 2 is 2.23 bits per heavy atom. The molecule has 22 heavy (non-hydrogen) atoms. The highest BCUT2D eigenvalue weighted by Crippen LogP contribution is 2.28. The first-order valence-corrected chi connectivity index (χ1v) is 7.99. The summed E-state index contributed by atoms with van der Waals surface area (Å²) in [7, 11) is 0. The van der Waals surface area contributed by atoms with Crippen LogP contribution < -0.4 is 15.4 Å². The fourth-order valence-corrected chi connectivity index (χ4v) is 2.61. The molecule has 122 valence electrons. The first kappa shape index (κ1) is 16.8.